The van der Waals surface area contributed by atoms with Crippen molar-refractivity contribution in [3.05, 3.63) is 16.9 Å². The van der Waals surface area contributed by atoms with Crippen molar-refractivity contribution >= 4 is 11.6 Å². The summed E-state index contributed by atoms with van der Waals surface area (Å²) in [5, 5.41) is 8.73. The van der Waals surface area contributed by atoms with Crippen LogP contribution in [0, 0.1) is 11.8 Å². The zero-order valence-electron chi connectivity index (χ0n) is 12.3. The summed E-state index contributed by atoms with van der Waals surface area (Å²) in [6.07, 6.45) is 8.17. The molecule has 0 radical (unpaired) electrons. The molecule has 4 heteroatoms. The molecule has 1 N–H and O–H groups in total. The van der Waals surface area contributed by atoms with Crippen LogP contribution in [0.15, 0.2) is 6.20 Å². The fourth-order valence-corrected chi connectivity index (χ4v) is 3.71. The molecule has 1 fully saturated rings. The number of nitrogens with one attached hydrogen (secondary N) is 1. The van der Waals surface area contributed by atoms with E-state index in [4.69, 9.17) is 11.6 Å². The number of hydrogen-bond acceptors (Lipinski definition) is 2. The average Bonchev–Trinajstić information content (AvgIpc) is 2.74. The molecular formula is C15H26ClN3. The van der Waals surface area contributed by atoms with Gasteiger partial charge in [-0.2, -0.15) is 5.10 Å². The molecule has 3 atom stereocenters. The van der Waals surface area contributed by atoms with Crippen LogP contribution in [0.2, 0.25) is 5.02 Å². The van der Waals surface area contributed by atoms with E-state index in [0.717, 1.165) is 23.9 Å². The third-order valence-electron chi connectivity index (χ3n) is 4.32. The molecular weight excluding hydrogens is 258 g/mol. The SMILES string of the molecule is CCCn1ncc(Cl)c1C(NC)C1CCCC(C)C1. The molecule has 2 rings (SSSR count). The van der Waals surface area contributed by atoms with E-state index in [1.165, 1.54) is 31.4 Å². The van der Waals surface area contributed by atoms with Crippen molar-refractivity contribution in [1.29, 1.82) is 0 Å². The van der Waals surface area contributed by atoms with Crippen molar-refractivity contribution in [3.8, 4) is 0 Å². The van der Waals surface area contributed by atoms with Gasteiger partial charge in [0.25, 0.3) is 0 Å². The smallest absolute Gasteiger partial charge is 0.0834 e. The molecule has 1 aromatic rings. The first kappa shape index (κ1) is 14.9. The molecule has 1 aliphatic carbocycles. The summed E-state index contributed by atoms with van der Waals surface area (Å²) in [4.78, 5) is 0. The van der Waals surface area contributed by atoms with Gasteiger partial charge in [-0.3, -0.25) is 4.68 Å². The van der Waals surface area contributed by atoms with Crippen LogP contribution in [0.1, 0.15) is 57.7 Å². The van der Waals surface area contributed by atoms with Gasteiger partial charge in [0.15, 0.2) is 0 Å². The molecule has 3 nitrogen and oxygen atoms in total. The van der Waals surface area contributed by atoms with Crippen molar-refractivity contribution in [2.24, 2.45) is 11.8 Å². The molecule has 0 saturated heterocycles. The van der Waals surface area contributed by atoms with Crippen molar-refractivity contribution in [3.63, 3.8) is 0 Å². The van der Waals surface area contributed by atoms with Gasteiger partial charge in [-0.25, -0.2) is 0 Å². The van der Waals surface area contributed by atoms with Crippen LogP contribution in [0.3, 0.4) is 0 Å². The van der Waals surface area contributed by atoms with Crippen molar-refractivity contribution in [1.82, 2.24) is 15.1 Å². The summed E-state index contributed by atoms with van der Waals surface area (Å²) < 4.78 is 2.09. The van der Waals surface area contributed by atoms with Crippen molar-refractivity contribution in [2.45, 2.75) is 58.5 Å². The Balaban J connectivity index is 2.23. The van der Waals surface area contributed by atoms with E-state index in [2.05, 4.69) is 28.9 Å². The molecule has 1 heterocycles. The zero-order chi connectivity index (χ0) is 13.8. The first-order chi connectivity index (χ1) is 9.17. The lowest BCUT2D eigenvalue weighted by molar-refractivity contribution is 0.223. The highest BCUT2D eigenvalue weighted by Crippen LogP contribution is 2.38. The molecule has 0 aromatic carbocycles. The minimum atomic E-state index is 0.337. The third-order valence-corrected chi connectivity index (χ3v) is 4.61. The number of hydrogen-bond donors (Lipinski definition) is 1. The fourth-order valence-electron chi connectivity index (χ4n) is 3.45. The number of rotatable bonds is 5. The lowest BCUT2D eigenvalue weighted by atomic mass is 9.77. The van der Waals surface area contributed by atoms with Crippen molar-refractivity contribution < 1.29 is 0 Å². The quantitative estimate of drug-likeness (QED) is 0.884. The third kappa shape index (κ3) is 3.32. The molecule has 3 unspecified atom stereocenters. The van der Waals surface area contributed by atoms with E-state index in [0.29, 0.717) is 12.0 Å². The highest BCUT2D eigenvalue weighted by molar-refractivity contribution is 6.31. The average molecular weight is 284 g/mol. The maximum Gasteiger partial charge on any atom is 0.0834 e. The molecule has 19 heavy (non-hydrogen) atoms. The summed E-state index contributed by atoms with van der Waals surface area (Å²) in [5.74, 6) is 1.51. The van der Waals surface area contributed by atoms with Gasteiger partial charge in [-0.05, 0) is 38.1 Å². The van der Waals surface area contributed by atoms with E-state index >= 15 is 0 Å². The van der Waals surface area contributed by atoms with Crippen LogP contribution in [0.25, 0.3) is 0 Å². The van der Waals surface area contributed by atoms with Gasteiger partial charge >= 0.3 is 0 Å². The Morgan fingerprint density at radius 2 is 2.32 bits per heavy atom. The van der Waals surface area contributed by atoms with E-state index < -0.39 is 0 Å². The van der Waals surface area contributed by atoms with Gasteiger partial charge in [0.05, 0.1) is 23.0 Å². The number of halogens is 1. The van der Waals surface area contributed by atoms with Crippen LogP contribution in [0.4, 0.5) is 0 Å². The lowest BCUT2D eigenvalue weighted by Crippen LogP contribution is -2.31. The fraction of sp³-hybridized carbons (Fsp3) is 0.800. The monoisotopic (exact) mass is 283 g/mol. The first-order valence-corrected chi connectivity index (χ1v) is 7.93. The zero-order valence-corrected chi connectivity index (χ0v) is 13.1. The predicted molar refractivity (Wildman–Crippen MR) is 80.5 cm³/mol. The number of aromatic nitrogens is 2. The minimum absolute atomic E-state index is 0.337. The summed E-state index contributed by atoms with van der Waals surface area (Å²) in [6.45, 7) is 5.49. The molecule has 0 bridgehead atoms. The van der Waals surface area contributed by atoms with Gasteiger partial charge in [0.1, 0.15) is 0 Å². The normalized spacial score (nSPS) is 25.5. The number of aryl methyl sites for hydroxylation is 1. The lowest BCUT2D eigenvalue weighted by Gasteiger charge is -2.33. The summed E-state index contributed by atoms with van der Waals surface area (Å²) in [6, 6.07) is 0.337. The Morgan fingerprint density at radius 3 is 2.95 bits per heavy atom. The number of nitrogens with zero attached hydrogens (tertiary/aromatic N) is 2. The molecule has 1 aromatic heterocycles. The van der Waals surface area contributed by atoms with Crippen molar-refractivity contribution in [2.75, 3.05) is 7.05 Å². The Morgan fingerprint density at radius 1 is 1.53 bits per heavy atom. The van der Waals surface area contributed by atoms with Crippen LogP contribution < -0.4 is 5.32 Å². The predicted octanol–water partition coefficient (Wildman–Crippen LogP) is 4.03. The summed E-state index contributed by atoms with van der Waals surface area (Å²) >= 11 is 6.39. The van der Waals surface area contributed by atoms with Gasteiger partial charge in [0.2, 0.25) is 0 Å². The maximum absolute atomic E-state index is 6.39. The van der Waals surface area contributed by atoms with E-state index in [-0.39, 0.29) is 0 Å². The molecule has 108 valence electrons. The Kier molecular flexibility index (Phi) is 5.28. The Labute approximate surface area is 121 Å². The summed E-state index contributed by atoms with van der Waals surface area (Å²) in [5.41, 5.74) is 1.19. The molecule has 1 aliphatic rings. The van der Waals surface area contributed by atoms with Crippen LogP contribution >= 0.6 is 11.6 Å². The van der Waals surface area contributed by atoms with Gasteiger partial charge in [-0.1, -0.05) is 38.3 Å². The van der Waals surface area contributed by atoms with Gasteiger partial charge in [-0.15, -0.1) is 0 Å². The van der Waals surface area contributed by atoms with Gasteiger partial charge in [0, 0.05) is 6.54 Å². The first-order valence-electron chi connectivity index (χ1n) is 7.55. The van der Waals surface area contributed by atoms with Gasteiger partial charge < -0.3 is 5.32 Å². The second-order valence-electron chi connectivity index (χ2n) is 5.90. The molecule has 0 spiro atoms. The highest BCUT2D eigenvalue weighted by atomic mass is 35.5. The second-order valence-corrected chi connectivity index (χ2v) is 6.31. The van der Waals surface area contributed by atoms with Crippen LogP contribution in [0.5, 0.6) is 0 Å². The van der Waals surface area contributed by atoms with E-state index in [1.807, 2.05) is 7.05 Å². The molecule has 1 saturated carbocycles. The molecule has 0 amide bonds. The summed E-state index contributed by atoms with van der Waals surface area (Å²) in [7, 11) is 2.05. The largest absolute Gasteiger partial charge is 0.311 e. The van der Waals surface area contributed by atoms with E-state index in [9.17, 15) is 0 Å². The van der Waals surface area contributed by atoms with Crippen LogP contribution in [-0.2, 0) is 6.54 Å². The minimum Gasteiger partial charge on any atom is -0.311 e. The van der Waals surface area contributed by atoms with E-state index in [1.54, 1.807) is 6.20 Å². The Bertz CT molecular complexity index is 402. The molecule has 0 aliphatic heterocycles. The second kappa shape index (κ2) is 6.76. The maximum atomic E-state index is 6.39. The Hall–Kier alpha value is -0.540. The topological polar surface area (TPSA) is 29.9 Å². The highest BCUT2D eigenvalue weighted by Gasteiger charge is 2.30. The van der Waals surface area contributed by atoms with Crippen LogP contribution in [-0.4, -0.2) is 16.8 Å². The standard InChI is InChI=1S/C15H26ClN3/c1-4-8-19-15(13(16)10-18-19)14(17-3)12-7-5-6-11(2)9-12/h10-12,14,17H,4-9H2,1-3H3.